The van der Waals surface area contributed by atoms with Crippen LogP contribution in [0.15, 0.2) is 28.2 Å². The molecule has 0 atom stereocenters. The Kier molecular flexibility index (Phi) is 5.02. The highest BCUT2D eigenvalue weighted by Gasteiger charge is 2.32. The number of nitrogens with zero attached hydrogens (tertiary/aromatic N) is 2. The predicted octanol–water partition coefficient (Wildman–Crippen LogP) is 4.02. The van der Waals surface area contributed by atoms with Gasteiger partial charge in [-0.1, -0.05) is 19.9 Å². The summed E-state index contributed by atoms with van der Waals surface area (Å²) in [6.45, 7) is 9.60. The summed E-state index contributed by atoms with van der Waals surface area (Å²) < 4.78 is 0. The Balaban J connectivity index is 1.74. The highest BCUT2D eigenvalue weighted by atomic mass is 32.1. The average Bonchev–Trinajstić information content (AvgIpc) is 3.08. The van der Waals surface area contributed by atoms with Crippen molar-refractivity contribution in [3.63, 3.8) is 0 Å². The number of hydrogen-bond donors (Lipinski definition) is 2. The summed E-state index contributed by atoms with van der Waals surface area (Å²) in [5.74, 6) is 0.483. The van der Waals surface area contributed by atoms with Crippen molar-refractivity contribution in [1.82, 2.24) is 15.3 Å². The molecule has 6 heteroatoms. The van der Waals surface area contributed by atoms with Gasteiger partial charge in [-0.05, 0) is 67.4 Å². The van der Waals surface area contributed by atoms with Gasteiger partial charge in [0.15, 0.2) is 0 Å². The van der Waals surface area contributed by atoms with E-state index in [1.165, 1.54) is 29.7 Å². The topological polar surface area (TPSA) is 60.5 Å². The maximum absolute atomic E-state index is 12.4. The predicted molar refractivity (Wildman–Crippen MR) is 111 cm³/mol. The Morgan fingerprint density at radius 1 is 1.33 bits per heavy atom. The van der Waals surface area contributed by atoms with Crippen LogP contribution in [-0.2, 0) is 11.3 Å². The molecule has 0 spiro atoms. The normalized spacial score (nSPS) is 18.4. The fourth-order valence-electron chi connectivity index (χ4n) is 3.75. The largest absolute Gasteiger partial charge is 0.359 e. The van der Waals surface area contributed by atoms with Gasteiger partial charge in [-0.25, -0.2) is 5.43 Å². The third kappa shape index (κ3) is 3.51. The molecule has 3 heterocycles. The van der Waals surface area contributed by atoms with Crippen LogP contribution in [-0.4, -0.2) is 34.6 Å². The molecule has 142 valence electrons. The molecule has 1 aliphatic carbocycles. The SMILES string of the molecule is CCN(CC)Cc1c(C)[nH]c(C=C2C(=O)NN=C2c2cccs2)c1C1CC1. The van der Waals surface area contributed by atoms with E-state index in [0.29, 0.717) is 11.5 Å². The quantitative estimate of drug-likeness (QED) is 0.711. The number of hydrogen-bond acceptors (Lipinski definition) is 4. The van der Waals surface area contributed by atoms with E-state index in [1.54, 1.807) is 11.3 Å². The standard InChI is InChI=1S/C21H26N4OS/c1-4-25(5-2)12-16-13(3)22-17(19(16)14-8-9-14)11-15-20(23-24-21(15)26)18-7-6-10-27-18/h6-7,10-11,14,22H,4-5,8-9,12H2,1-3H3,(H,24,26). The van der Waals surface area contributed by atoms with E-state index in [2.05, 4.69) is 41.2 Å². The zero-order chi connectivity index (χ0) is 19.0. The van der Waals surface area contributed by atoms with Crippen LogP contribution in [0.3, 0.4) is 0 Å². The molecule has 2 aromatic heterocycles. The molecule has 4 rings (SSSR count). The Hall–Kier alpha value is -2.18. The van der Waals surface area contributed by atoms with Crippen LogP contribution in [0.5, 0.6) is 0 Å². The van der Waals surface area contributed by atoms with Crippen LogP contribution in [0.4, 0.5) is 0 Å². The molecule has 0 radical (unpaired) electrons. The Morgan fingerprint density at radius 2 is 2.11 bits per heavy atom. The van der Waals surface area contributed by atoms with Crippen LogP contribution in [0.2, 0.25) is 0 Å². The maximum atomic E-state index is 12.4. The third-order valence-electron chi connectivity index (χ3n) is 5.46. The molecule has 1 aliphatic heterocycles. The van der Waals surface area contributed by atoms with E-state index in [9.17, 15) is 4.79 Å². The lowest BCUT2D eigenvalue weighted by molar-refractivity contribution is -0.116. The number of carbonyl (C=O) groups is 1. The minimum absolute atomic E-state index is 0.127. The second-order valence-electron chi connectivity index (χ2n) is 7.23. The van der Waals surface area contributed by atoms with E-state index < -0.39 is 0 Å². The highest BCUT2D eigenvalue weighted by molar-refractivity contribution is 7.12. The van der Waals surface area contributed by atoms with Crippen LogP contribution in [0, 0.1) is 6.92 Å². The van der Waals surface area contributed by atoms with Gasteiger partial charge in [0.2, 0.25) is 0 Å². The zero-order valence-electron chi connectivity index (χ0n) is 16.1. The van der Waals surface area contributed by atoms with Crippen molar-refractivity contribution >= 4 is 29.0 Å². The summed E-state index contributed by atoms with van der Waals surface area (Å²) in [5.41, 5.74) is 9.12. The fourth-order valence-corrected chi connectivity index (χ4v) is 4.48. The molecule has 1 fully saturated rings. The van der Waals surface area contributed by atoms with Crippen LogP contribution < -0.4 is 5.43 Å². The number of rotatable bonds is 7. The number of carbonyl (C=O) groups excluding carboxylic acids is 1. The summed E-state index contributed by atoms with van der Waals surface area (Å²) in [7, 11) is 0. The van der Waals surface area contributed by atoms with Crippen molar-refractivity contribution in [2.45, 2.75) is 46.1 Å². The summed E-state index contributed by atoms with van der Waals surface area (Å²) >= 11 is 1.60. The number of thiophene rings is 1. The molecule has 2 aromatic rings. The highest BCUT2D eigenvalue weighted by Crippen LogP contribution is 2.45. The zero-order valence-corrected chi connectivity index (χ0v) is 16.9. The lowest BCUT2D eigenvalue weighted by atomic mass is 10.0. The molecule has 0 bridgehead atoms. The molecule has 1 saturated carbocycles. The van der Waals surface area contributed by atoms with Gasteiger partial charge < -0.3 is 4.98 Å². The van der Waals surface area contributed by atoms with Crippen LogP contribution in [0.1, 0.15) is 60.0 Å². The minimum Gasteiger partial charge on any atom is -0.359 e. The summed E-state index contributed by atoms with van der Waals surface area (Å²) in [4.78, 5) is 19.5. The van der Waals surface area contributed by atoms with Crippen LogP contribution in [0.25, 0.3) is 6.08 Å². The first-order valence-electron chi connectivity index (χ1n) is 9.70. The smallest absolute Gasteiger partial charge is 0.273 e. The van der Waals surface area contributed by atoms with Gasteiger partial charge >= 0.3 is 0 Å². The van der Waals surface area contributed by atoms with Crippen molar-refractivity contribution in [2.75, 3.05) is 13.1 Å². The van der Waals surface area contributed by atoms with Gasteiger partial charge in [0.05, 0.1) is 10.5 Å². The third-order valence-corrected chi connectivity index (χ3v) is 6.34. The van der Waals surface area contributed by atoms with Gasteiger partial charge in [0.25, 0.3) is 5.91 Å². The minimum atomic E-state index is -0.127. The number of aromatic amines is 1. The lowest BCUT2D eigenvalue weighted by Gasteiger charge is -2.19. The molecule has 27 heavy (non-hydrogen) atoms. The van der Waals surface area contributed by atoms with Gasteiger partial charge in [-0.15, -0.1) is 11.3 Å². The molecular weight excluding hydrogens is 356 g/mol. The number of amides is 1. The Labute approximate surface area is 164 Å². The van der Waals surface area contributed by atoms with Gasteiger partial charge in [0.1, 0.15) is 5.71 Å². The number of aromatic nitrogens is 1. The molecule has 2 aliphatic rings. The summed E-state index contributed by atoms with van der Waals surface area (Å²) in [6.07, 6.45) is 4.47. The second kappa shape index (κ2) is 7.44. The number of hydrazone groups is 1. The number of H-pyrrole nitrogens is 1. The van der Waals surface area contributed by atoms with E-state index in [4.69, 9.17) is 0 Å². The fraction of sp³-hybridized carbons (Fsp3) is 0.429. The first-order valence-corrected chi connectivity index (χ1v) is 10.6. The molecule has 0 aromatic carbocycles. The van der Waals surface area contributed by atoms with E-state index in [1.807, 2.05) is 23.6 Å². The van der Waals surface area contributed by atoms with Crippen molar-refractivity contribution in [2.24, 2.45) is 5.10 Å². The number of aryl methyl sites for hydroxylation is 1. The maximum Gasteiger partial charge on any atom is 0.273 e. The number of nitrogens with one attached hydrogen (secondary N) is 2. The van der Waals surface area contributed by atoms with Gasteiger partial charge in [-0.2, -0.15) is 5.10 Å². The molecule has 5 nitrogen and oxygen atoms in total. The second-order valence-corrected chi connectivity index (χ2v) is 8.18. The van der Waals surface area contributed by atoms with E-state index in [0.717, 1.165) is 35.9 Å². The monoisotopic (exact) mass is 382 g/mol. The van der Waals surface area contributed by atoms with Gasteiger partial charge in [0, 0.05) is 17.9 Å². The van der Waals surface area contributed by atoms with Crippen molar-refractivity contribution in [1.29, 1.82) is 0 Å². The van der Waals surface area contributed by atoms with Crippen LogP contribution >= 0.6 is 11.3 Å². The molecule has 1 amide bonds. The first kappa shape index (κ1) is 18.2. The van der Waals surface area contributed by atoms with Crippen molar-refractivity contribution in [3.05, 3.63) is 50.5 Å². The molecule has 0 unspecified atom stereocenters. The molecular formula is C21H26N4OS. The molecule has 2 N–H and O–H groups in total. The van der Waals surface area contributed by atoms with Crippen molar-refractivity contribution in [3.8, 4) is 0 Å². The Bertz CT molecular complexity index is 899. The average molecular weight is 383 g/mol. The Morgan fingerprint density at radius 3 is 2.74 bits per heavy atom. The van der Waals surface area contributed by atoms with E-state index >= 15 is 0 Å². The van der Waals surface area contributed by atoms with Gasteiger partial charge in [-0.3, -0.25) is 9.69 Å². The molecule has 0 saturated heterocycles. The van der Waals surface area contributed by atoms with E-state index in [-0.39, 0.29) is 5.91 Å². The summed E-state index contributed by atoms with van der Waals surface area (Å²) in [6, 6.07) is 3.99. The summed E-state index contributed by atoms with van der Waals surface area (Å²) in [5, 5.41) is 6.28. The lowest BCUT2D eigenvalue weighted by Crippen LogP contribution is -2.22. The first-order chi connectivity index (χ1) is 13.1. The van der Waals surface area contributed by atoms with Crippen molar-refractivity contribution < 1.29 is 4.79 Å².